The smallest absolute Gasteiger partial charge is 0.344 e. The van der Waals surface area contributed by atoms with E-state index < -0.39 is 18.0 Å². The fourth-order valence-corrected chi connectivity index (χ4v) is 4.29. The molecule has 8 nitrogen and oxygen atoms in total. The van der Waals surface area contributed by atoms with Gasteiger partial charge in [0, 0.05) is 5.56 Å². The van der Waals surface area contributed by atoms with E-state index >= 15 is 0 Å². The van der Waals surface area contributed by atoms with Gasteiger partial charge in [0.2, 0.25) is 0 Å². The Morgan fingerprint density at radius 3 is 2.32 bits per heavy atom. The lowest BCUT2D eigenvalue weighted by Crippen LogP contribution is -2.45. The molecule has 0 saturated carbocycles. The van der Waals surface area contributed by atoms with Crippen LogP contribution in [-0.4, -0.2) is 38.1 Å². The summed E-state index contributed by atoms with van der Waals surface area (Å²) in [7, 11) is 1.43. The predicted octanol–water partition coefficient (Wildman–Crippen LogP) is 4.94. The zero-order valence-corrected chi connectivity index (χ0v) is 21.0. The molecular formula is C28H25ClN2O6. The van der Waals surface area contributed by atoms with Gasteiger partial charge in [0.05, 0.1) is 36.1 Å². The fourth-order valence-electron chi connectivity index (χ4n) is 4.02. The molecule has 37 heavy (non-hydrogen) atoms. The Labute approximate surface area is 219 Å². The van der Waals surface area contributed by atoms with Gasteiger partial charge in [-0.05, 0) is 30.2 Å². The van der Waals surface area contributed by atoms with Crippen LogP contribution in [0.3, 0.4) is 0 Å². The molecule has 0 unspecified atom stereocenters. The van der Waals surface area contributed by atoms with Crippen LogP contribution in [0.2, 0.25) is 5.02 Å². The first-order valence-electron chi connectivity index (χ1n) is 11.6. The molecule has 4 rings (SSSR count). The summed E-state index contributed by atoms with van der Waals surface area (Å²) >= 11 is 6.54. The van der Waals surface area contributed by atoms with Crippen LogP contribution in [0.1, 0.15) is 34.5 Å². The van der Waals surface area contributed by atoms with Crippen LogP contribution in [0.5, 0.6) is 11.5 Å². The third-order valence-electron chi connectivity index (χ3n) is 5.64. The number of esters is 1. The maximum atomic E-state index is 13.8. The van der Waals surface area contributed by atoms with E-state index in [0.717, 1.165) is 0 Å². The summed E-state index contributed by atoms with van der Waals surface area (Å²) in [6.07, 6.45) is 0. The van der Waals surface area contributed by atoms with Gasteiger partial charge in [0.1, 0.15) is 0 Å². The second-order valence-electron chi connectivity index (χ2n) is 8.01. The number of nitrogens with one attached hydrogen (secondary N) is 2. The van der Waals surface area contributed by atoms with Crippen molar-refractivity contribution in [1.29, 1.82) is 0 Å². The fraction of sp³-hybridized carbons (Fsp3) is 0.179. The molecule has 0 spiro atoms. The van der Waals surface area contributed by atoms with E-state index in [0.29, 0.717) is 28.0 Å². The first-order valence-corrected chi connectivity index (χ1v) is 11.9. The van der Waals surface area contributed by atoms with E-state index in [1.807, 2.05) is 36.4 Å². The second kappa shape index (κ2) is 11.6. The van der Waals surface area contributed by atoms with E-state index in [9.17, 15) is 14.4 Å². The van der Waals surface area contributed by atoms with Crippen molar-refractivity contribution in [3.05, 3.63) is 100 Å². The highest BCUT2D eigenvalue weighted by Crippen LogP contribution is 2.41. The Morgan fingerprint density at radius 2 is 1.68 bits per heavy atom. The maximum Gasteiger partial charge on any atom is 0.344 e. The topological polar surface area (TPSA) is 103 Å². The molecule has 0 fully saturated rings. The molecule has 9 heteroatoms. The molecule has 2 N–H and O–H groups in total. The average Bonchev–Trinajstić information content (AvgIpc) is 2.92. The number of benzene rings is 3. The van der Waals surface area contributed by atoms with Gasteiger partial charge in [-0.25, -0.2) is 9.59 Å². The monoisotopic (exact) mass is 520 g/mol. The van der Waals surface area contributed by atoms with Crippen LogP contribution in [-0.2, 0) is 9.53 Å². The summed E-state index contributed by atoms with van der Waals surface area (Å²) in [6, 6.07) is 19.8. The molecule has 1 heterocycles. The molecule has 0 saturated heterocycles. The minimum absolute atomic E-state index is 0.138. The van der Waals surface area contributed by atoms with Gasteiger partial charge in [-0.15, -0.1) is 0 Å². The molecule has 1 aliphatic heterocycles. The Bertz CT molecular complexity index is 1340. The standard InChI is InChI=1S/C28H25ClN2O6/c1-3-36-22(32)16-37-27-20(29)14-19(15-21(27)35-2)25-23(26(33)18-12-8-5-9-13-18)24(30-28(34)31-25)17-10-6-4-7-11-17/h4-15,25H,3,16H2,1-2H3,(H2,30,31,34)/t25-/m1/s1. The number of methoxy groups -OCH3 is 1. The number of hydrogen-bond acceptors (Lipinski definition) is 6. The van der Waals surface area contributed by atoms with Gasteiger partial charge in [0.25, 0.3) is 0 Å². The van der Waals surface area contributed by atoms with Crippen molar-refractivity contribution in [2.45, 2.75) is 13.0 Å². The van der Waals surface area contributed by atoms with Gasteiger partial charge in [-0.1, -0.05) is 72.3 Å². The molecule has 1 atom stereocenters. The Kier molecular flexibility index (Phi) is 8.10. The number of rotatable bonds is 9. The Hall–Kier alpha value is -4.30. The van der Waals surface area contributed by atoms with Crippen LogP contribution in [0, 0.1) is 0 Å². The molecule has 3 aromatic carbocycles. The normalized spacial score (nSPS) is 14.9. The zero-order valence-electron chi connectivity index (χ0n) is 20.2. The highest BCUT2D eigenvalue weighted by atomic mass is 35.5. The number of amides is 2. The number of ether oxygens (including phenoxy) is 3. The lowest BCUT2D eigenvalue weighted by molar-refractivity contribution is -0.145. The van der Waals surface area contributed by atoms with Gasteiger partial charge in [-0.3, -0.25) is 4.79 Å². The first kappa shape index (κ1) is 25.8. The number of Topliss-reactive ketones (excluding diaryl/α,β-unsaturated/α-hetero) is 1. The van der Waals surface area contributed by atoms with Crippen molar-refractivity contribution in [2.75, 3.05) is 20.3 Å². The van der Waals surface area contributed by atoms with Gasteiger partial charge >= 0.3 is 12.0 Å². The highest BCUT2D eigenvalue weighted by Gasteiger charge is 2.34. The van der Waals surface area contributed by atoms with Gasteiger partial charge < -0.3 is 24.8 Å². The van der Waals surface area contributed by atoms with Crippen molar-refractivity contribution < 1.29 is 28.6 Å². The molecule has 0 bridgehead atoms. The number of hydrogen-bond donors (Lipinski definition) is 2. The van der Waals surface area contributed by atoms with Crippen molar-refractivity contribution in [3.63, 3.8) is 0 Å². The van der Waals surface area contributed by atoms with Crippen LogP contribution >= 0.6 is 11.6 Å². The number of halogens is 1. The average molecular weight is 521 g/mol. The third kappa shape index (κ3) is 5.76. The summed E-state index contributed by atoms with van der Waals surface area (Å²) in [5.74, 6) is -0.451. The summed E-state index contributed by atoms with van der Waals surface area (Å²) in [5, 5.41) is 5.78. The van der Waals surface area contributed by atoms with Gasteiger partial charge in [-0.2, -0.15) is 0 Å². The molecule has 0 aromatic heterocycles. The minimum Gasteiger partial charge on any atom is -0.493 e. The Balaban J connectivity index is 1.83. The van der Waals surface area contributed by atoms with E-state index in [-0.39, 0.29) is 35.5 Å². The molecule has 0 radical (unpaired) electrons. The number of urea groups is 1. The molecule has 3 aromatic rings. The largest absolute Gasteiger partial charge is 0.493 e. The predicted molar refractivity (Wildman–Crippen MR) is 139 cm³/mol. The van der Waals surface area contributed by atoms with Crippen LogP contribution < -0.4 is 20.1 Å². The van der Waals surface area contributed by atoms with E-state index in [2.05, 4.69) is 10.6 Å². The van der Waals surface area contributed by atoms with Crippen molar-refractivity contribution in [2.24, 2.45) is 0 Å². The van der Waals surface area contributed by atoms with Gasteiger partial charge in [0.15, 0.2) is 23.9 Å². The third-order valence-corrected chi connectivity index (χ3v) is 5.92. The second-order valence-corrected chi connectivity index (χ2v) is 8.42. The molecular weight excluding hydrogens is 496 g/mol. The number of ketones is 1. The molecule has 1 aliphatic rings. The molecule has 0 aliphatic carbocycles. The lowest BCUT2D eigenvalue weighted by Gasteiger charge is -2.30. The SMILES string of the molecule is CCOC(=O)COc1c(Cl)cc([C@H]2NC(=O)NC(c3ccccc3)=C2C(=O)c2ccccc2)cc1OC. The molecule has 2 amide bonds. The minimum atomic E-state index is -0.859. The van der Waals surface area contributed by atoms with Crippen molar-refractivity contribution >= 4 is 35.1 Å². The van der Waals surface area contributed by atoms with E-state index in [4.69, 9.17) is 25.8 Å². The van der Waals surface area contributed by atoms with E-state index in [1.165, 1.54) is 7.11 Å². The summed E-state index contributed by atoms with van der Waals surface area (Å²) in [5.41, 5.74) is 2.35. The number of carbonyl (C=O) groups is 3. The van der Waals surface area contributed by atoms with Crippen molar-refractivity contribution in [1.82, 2.24) is 10.6 Å². The van der Waals surface area contributed by atoms with E-state index in [1.54, 1.807) is 43.3 Å². The summed E-state index contributed by atoms with van der Waals surface area (Å²) in [6.45, 7) is 1.55. The Morgan fingerprint density at radius 1 is 1.00 bits per heavy atom. The molecule has 190 valence electrons. The lowest BCUT2D eigenvalue weighted by atomic mass is 9.87. The quantitative estimate of drug-likeness (QED) is 0.306. The summed E-state index contributed by atoms with van der Waals surface area (Å²) < 4.78 is 15.9. The van der Waals surface area contributed by atoms with Crippen LogP contribution in [0.4, 0.5) is 4.79 Å². The zero-order chi connectivity index (χ0) is 26.4. The summed E-state index contributed by atoms with van der Waals surface area (Å²) in [4.78, 5) is 38.4. The first-order chi connectivity index (χ1) is 17.9. The highest BCUT2D eigenvalue weighted by molar-refractivity contribution is 6.32. The van der Waals surface area contributed by atoms with Crippen molar-refractivity contribution in [3.8, 4) is 11.5 Å². The number of carbonyl (C=O) groups excluding carboxylic acids is 3. The maximum absolute atomic E-state index is 13.8. The van der Waals surface area contributed by atoms with Crippen LogP contribution in [0.25, 0.3) is 5.70 Å². The van der Waals surface area contributed by atoms with Crippen LogP contribution in [0.15, 0.2) is 78.4 Å².